The predicted octanol–water partition coefficient (Wildman–Crippen LogP) is 4.24. The predicted molar refractivity (Wildman–Crippen MR) is 77.4 cm³/mol. The molecule has 2 aromatic rings. The van der Waals surface area contributed by atoms with E-state index in [1.807, 2.05) is 0 Å². The van der Waals surface area contributed by atoms with Gasteiger partial charge in [-0.15, -0.1) is 0 Å². The second kappa shape index (κ2) is 3.69. The maximum atomic E-state index is 12.2. The van der Waals surface area contributed by atoms with Gasteiger partial charge in [0.05, 0.1) is 0 Å². The topological polar surface area (TPSA) is 17.1 Å². The lowest BCUT2D eigenvalue weighted by Crippen LogP contribution is -2.32. The van der Waals surface area contributed by atoms with Crippen molar-refractivity contribution in [3.63, 3.8) is 0 Å². The van der Waals surface area contributed by atoms with Gasteiger partial charge >= 0.3 is 0 Å². The van der Waals surface area contributed by atoms with Crippen LogP contribution in [-0.4, -0.2) is 5.78 Å². The van der Waals surface area contributed by atoms with Crippen molar-refractivity contribution < 1.29 is 4.79 Å². The van der Waals surface area contributed by atoms with Crippen molar-refractivity contribution in [2.24, 2.45) is 5.41 Å². The molecule has 0 spiro atoms. The molecule has 0 saturated heterocycles. The van der Waals surface area contributed by atoms with Gasteiger partial charge in [0.2, 0.25) is 0 Å². The second-order valence-electron chi connectivity index (χ2n) is 6.29. The maximum Gasteiger partial charge on any atom is 0.139 e. The number of hydrogen-bond acceptors (Lipinski definition) is 1. The highest BCUT2D eigenvalue weighted by Crippen LogP contribution is 2.54. The normalized spacial score (nSPS) is 29.3. The van der Waals surface area contributed by atoms with E-state index in [2.05, 4.69) is 43.3 Å². The highest BCUT2D eigenvalue weighted by Gasteiger charge is 2.49. The van der Waals surface area contributed by atoms with Gasteiger partial charge in [-0.05, 0) is 47.1 Å². The number of rotatable bonds is 0. The van der Waals surface area contributed by atoms with E-state index in [4.69, 9.17) is 0 Å². The monoisotopic (exact) mass is 250 g/mol. The molecular weight excluding hydrogens is 232 g/mol. The van der Waals surface area contributed by atoms with Gasteiger partial charge < -0.3 is 0 Å². The minimum absolute atomic E-state index is 0.0878. The average Bonchev–Trinajstić information content (AvgIpc) is 2.75. The summed E-state index contributed by atoms with van der Waals surface area (Å²) in [7, 11) is 0. The number of benzene rings is 2. The SMILES string of the molecule is CC12CCc3c(ccc4ccccc34)C1CCC2=O. The molecule has 0 amide bonds. The Kier molecular flexibility index (Phi) is 2.18. The van der Waals surface area contributed by atoms with Gasteiger partial charge in [0.1, 0.15) is 5.78 Å². The minimum atomic E-state index is -0.0878. The molecule has 2 aliphatic rings. The van der Waals surface area contributed by atoms with E-state index in [1.54, 1.807) is 0 Å². The van der Waals surface area contributed by atoms with Crippen LogP contribution in [0.2, 0.25) is 0 Å². The Hall–Kier alpha value is -1.63. The van der Waals surface area contributed by atoms with Gasteiger partial charge in [-0.25, -0.2) is 0 Å². The molecule has 1 saturated carbocycles. The summed E-state index contributed by atoms with van der Waals surface area (Å²) in [5.41, 5.74) is 2.85. The molecule has 2 aromatic carbocycles. The van der Waals surface area contributed by atoms with Crippen LogP contribution < -0.4 is 0 Å². The zero-order valence-corrected chi connectivity index (χ0v) is 11.3. The zero-order chi connectivity index (χ0) is 13.0. The molecule has 4 rings (SSSR count). The fraction of sp³-hybridized carbons (Fsp3) is 0.389. The summed E-state index contributed by atoms with van der Waals surface area (Å²) in [4.78, 5) is 12.2. The van der Waals surface area contributed by atoms with Crippen LogP contribution in [0.25, 0.3) is 10.8 Å². The molecule has 2 atom stereocenters. The quantitative estimate of drug-likeness (QED) is 0.683. The van der Waals surface area contributed by atoms with Crippen molar-refractivity contribution in [1.29, 1.82) is 0 Å². The number of aryl methyl sites for hydroxylation is 1. The molecule has 2 aliphatic carbocycles. The van der Waals surface area contributed by atoms with Gasteiger partial charge in [-0.1, -0.05) is 43.3 Å². The molecule has 0 bridgehead atoms. The van der Waals surface area contributed by atoms with Crippen molar-refractivity contribution in [3.8, 4) is 0 Å². The first-order valence-corrected chi connectivity index (χ1v) is 7.24. The smallest absolute Gasteiger partial charge is 0.139 e. The molecule has 0 radical (unpaired) electrons. The molecule has 0 heterocycles. The standard InChI is InChI=1S/C18H18O/c1-18-11-10-14-13-5-3-2-4-12(13)6-7-15(14)16(18)8-9-17(18)19/h2-7,16H,8-11H2,1H3. The van der Waals surface area contributed by atoms with Crippen LogP contribution in [0, 0.1) is 5.41 Å². The summed E-state index contributed by atoms with van der Waals surface area (Å²) in [6.07, 6.45) is 3.89. The molecule has 2 unspecified atom stereocenters. The van der Waals surface area contributed by atoms with E-state index in [0.29, 0.717) is 11.7 Å². The van der Waals surface area contributed by atoms with Gasteiger partial charge in [0.15, 0.2) is 0 Å². The van der Waals surface area contributed by atoms with Crippen LogP contribution in [0.5, 0.6) is 0 Å². The summed E-state index contributed by atoms with van der Waals surface area (Å²) in [6, 6.07) is 13.1. The Morgan fingerprint density at radius 1 is 1.11 bits per heavy atom. The van der Waals surface area contributed by atoms with E-state index < -0.39 is 0 Å². The van der Waals surface area contributed by atoms with Crippen LogP contribution in [-0.2, 0) is 11.2 Å². The molecule has 1 fully saturated rings. The first-order chi connectivity index (χ1) is 9.20. The molecule has 0 aliphatic heterocycles. The fourth-order valence-corrected chi connectivity index (χ4v) is 4.23. The van der Waals surface area contributed by atoms with Gasteiger partial charge in [0.25, 0.3) is 0 Å². The number of carbonyl (C=O) groups is 1. The van der Waals surface area contributed by atoms with Crippen molar-refractivity contribution >= 4 is 16.6 Å². The second-order valence-corrected chi connectivity index (χ2v) is 6.29. The highest BCUT2D eigenvalue weighted by atomic mass is 16.1. The Morgan fingerprint density at radius 2 is 1.95 bits per heavy atom. The first-order valence-electron chi connectivity index (χ1n) is 7.24. The molecule has 1 nitrogen and oxygen atoms in total. The highest BCUT2D eigenvalue weighted by molar-refractivity contribution is 5.91. The van der Waals surface area contributed by atoms with E-state index in [0.717, 1.165) is 25.7 Å². The minimum Gasteiger partial charge on any atom is -0.299 e. The molecular formula is C18H18O. The molecule has 1 heteroatoms. The summed E-state index contributed by atoms with van der Waals surface area (Å²) < 4.78 is 0. The Morgan fingerprint density at radius 3 is 2.84 bits per heavy atom. The maximum absolute atomic E-state index is 12.2. The summed E-state index contributed by atoms with van der Waals surface area (Å²) >= 11 is 0. The lowest BCUT2D eigenvalue weighted by molar-refractivity contribution is -0.126. The average molecular weight is 250 g/mol. The van der Waals surface area contributed by atoms with Crippen LogP contribution in [0.1, 0.15) is 43.2 Å². The van der Waals surface area contributed by atoms with Crippen LogP contribution in [0.3, 0.4) is 0 Å². The van der Waals surface area contributed by atoms with Crippen molar-refractivity contribution in [2.75, 3.05) is 0 Å². The van der Waals surface area contributed by atoms with Crippen molar-refractivity contribution in [2.45, 2.75) is 38.5 Å². The molecule has 96 valence electrons. The molecule has 0 aromatic heterocycles. The van der Waals surface area contributed by atoms with Crippen molar-refractivity contribution in [1.82, 2.24) is 0 Å². The largest absolute Gasteiger partial charge is 0.299 e. The Labute approximate surface area is 113 Å². The van der Waals surface area contributed by atoms with Gasteiger partial charge in [-0.2, -0.15) is 0 Å². The Balaban J connectivity index is 1.97. The summed E-state index contributed by atoms with van der Waals surface area (Å²) in [6.45, 7) is 2.19. The van der Waals surface area contributed by atoms with E-state index >= 15 is 0 Å². The Bertz CT molecular complexity index is 685. The fourth-order valence-electron chi connectivity index (χ4n) is 4.23. The number of ketones is 1. The third-order valence-electron chi connectivity index (χ3n) is 5.41. The lowest BCUT2D eigenvalue weighted by Gasteiger charge is -2.37. The van der Waals surface area contributed by atoms with E-state index in [9.17, 15) is 4.79 Å². The number of carbonyl (C=O) groups excluding carboxylic acids is 1. The number of fused-ring (bicyclic) bond motifs is 5. The van der Waals surface area contributed by atoms with Gasteiger partial charge in [0, 0.05) is 11.8 Å². The number of Topliss-reactive ketones (excluding diaryl/α,β-unsaturated/α-hetero) is 1. The summed E-state index contributed by atoms with van der Waals surface area (Å²) in [5, 5.41) is 2.72. The van der Waals surface area contributed by atoms with Crippen LogP contribution in [0.4, 0.5) is 0 Å². The van der Waals surface area contributed by atoms with Crippen molar-refractivity contribution in [3.05, 3.63) is 47.5 Å². The zero-order valence-electron chi connectivity index (χ0n) is 11.3. The number of hydrogen-bond donors (Lipinski definition) is 0. The third kappa shape index (κ3) is 1.39. The molecule has 0 N–H and O–H groups in total. The van der Waals surface area contributed by atoms with E-state index in [1.165, 1.54) is 21.9 Å². The summed E-state index contributed by atoms with van der Waals surface area (Å²) in [5.74, 6) is 0.935. The van der Waals surface area contributed by atoms with Gasteiger partial charge in [-0.3, -0.25) is 4.79 Å². The van der Waals surface area contributed by atoms with E-state index in [-0.39, 0.29) is 5.41 Å². The third-order valence-corrected chi connectivity index (χ3v) is 5.41. The van der Waals surface area contributed by atoms with Crippen LogP contribution in [0.15, 0.2) is 36.4 Å². The van der Waals surface area contributed by atoms with Crippen LogP contribution >= 0.6 is 0 Å². The first kappa shape index (κ1) is 11.2. The molecule has 19 heavy (non-hydrogen) atoms. The lowest BCUT2D eigenvalue weighted by atomic mass is 9.66.